The molecule has 1 rings (SSSR count). The minimum absolute atomic E-state index is 0.00366. The Labute approximate surface area is 104 Å². The predicted molar refractivity (Wildman–Crippen MR) is 64.3 cm³/mol. The van der Waals surface area contributed by atoms with Crippen LogP contribution < -0.4 is 0 Å². The fourth-order valence-corrected chi connectivity index (χ4v) is 2.38. The zero-order valence-corrected chi connectivity index (χ0v) is 11.5. The zero-order chi connectivity index (χ0) is 12.3. The maximum Gasteiger partial charge on any atom is 0.328 e. The van der Waals surface area contributed by atoms with Gasteiger partial charge in [0.25, 0.3) is 0 Å². The first-order valence-corrected chi connectivity index (χ1v) is 6.41. The highest BCUT2D eigenvalue weighted by Crippen LogP contribution is 2.24. The van der Waals surface area contributed by atoms with Gasteiger partial charge in [-0.05, 0) is 18.8 Å². The van der Waals surface area contributed by atoms with Crippen LogP contribution in [-0.4, -0.2) is 41.3 Å². The molecular weight excluding hydrogens is 274 g/mol. The SMILES string of the molecule is COC(=O)C(CC(C)C)N1CCC(Br)C1=O. The fourth-order valence-electron chi connectivity index (χ4n) is 1.91. The number of amides is 1. The number of ether oxygens (including phenoxy) is 1. The van der Waals surface area contributed by atoms with Crippen molar-refractivity contribution in [2.75, 3.05) is 13.7 Å². The van der Waals surface area contributed by atoms with E-state index < -0.39 is 6.04 Å². The van der Waals surface area contributed by atoms with Gasteiger partial charge in [0.05, 0.1) is 11.9 Å². The lowest BCUT2D eigenvalue weighted by molar-refractivity contribution is -0.151. The molecule has 0 aromatic carbocycles. The summed E-state index contributed by atoms with van der Waals surface area (Å²) in [4.78, 5) is 25.0. The third kappa shape index (κ3) is 2.97. The van der Waals surface area contributed by atoms with Crippen LogP contribution in [-0.2, 0) is 14.3 Å². The molecule has 16 heavy (non-hydrogen) atoms. The van der Waals surface area contributed by atoms with Crippen molar-refractivity contribution in [2.24, 2.45) is 5.92 Å². The Morgan fingerprint density at radius 3 is 2.62 bits per heavy atom. The molecule has 1 amide bonds. The van der Waals surface area contributed by atoms with Gasteiger partial charge in [-0.15, -0.1) is 0 Å². The third-order valence-electron chi connectivity index (χ3n) is 2.72. The number of halogens is 1. The van der Waals surface area contributed by atoms with E-state index in [9.17, 15) is 9.59 Å². The van der Waals surface area contributed by atoms with E-state index in [1.165, 1.54) is 7.11 Å². The lowest BCUT2D eigenvalue weighted by Gasteiger charge is -2.26. The predicted octanol–water partition coefficient (Wildman–Crippen LogP) is 1.57. The maximum atomic E-state index is 11.8. The summed E-state index contributed by atoms with van der Waals surface area (Å²) in [7, 11) is 1.36. The van der Waals surface area contributed by atoms with Crippen molar-refractivity contribution in [3.8, 4) is 0 Å². The number of esters is 1. The van der Waals surface area contributed by atoms with E-state index in [0.29, 0.717) is 18.9 Å². The Balaban J connectivity index is 2.76. The van der Waals surface area contributed by atoms with Crippen LogP contribution in [0.2, 0.25) is 0 Å². The Kier molecular flexibility index (Phi) is 4.77. The molecule has 1 heterocycles. The molecule has 2 unspecified atom stereocenters. The van der Waals surface area contributed by atoms with Crippen molar-refractivity contribution in [1.29, 1.82) is 0 Å². The van der Waals surface area contributed by atoms with E-state index in [0.717, 1.165) is 6.42 Å². The first-order valence-electron chi connectivity index (χ1n) is 5.49. The van der Waals surface area contributed by atoms with E-state index >= 15 is 0 Å². The van der Waals surface area contributed by atoms with Gasteiger partial charge in [0.2, 0.25) is 5.91 Å². The molecule has 0 aliphatic carbocycles. The first-order chi connectivity index (χ1) is 7.47. The lowest BCUT2D eigenvalue weighted by Crippen LogP contribution is -2.44. The van der Waals surface area contributed by atoms with E-state index in [2.05, 4.69) is 15.9 Å². The molecule has 1 aliphatic heterocycles. The van der Waals surface area contributed by atoms with Gasteiger partial charge in [-0.1, -0.05) is 29.8 Å². The molecule has 0 saturated carbocycles. The number of carbonyl (C=O) groups is 2. The van der Waals surface area contributed by atoms with Gasteiger partial charge in [0.1, 0.15) is 6.04 Å². The molecule has 2 atom stereocenters. The fraction of sp³-hybridized carbons (Fsp3) is 0.818. The van der Waals surface area contributed by atoms with Crippen molar-refractivity contribution >= 4 is 27.8 Å². The molecule has 0 radical (unpaired) electrons. The Hall–Kier alpha value is -0.580. The van der Waals surface area contributed by atoms with E-state index in [1.54, 1.807) is 4.90 Å². The van der Waals surface area contributed by atoms with Crippen molar-refractivity contribution in [2.45, 2.75) is 37.6 Å². The summed E-state index contributed by atoms with van der Waals surface area (Å²) in [6.07, 6.45) is 1.41. The molecule has 1 fully saturated rings. The number of hydrogen-bond donors (Lipinski definition) is 0. The van der Waals surface area contributed by atoms with Crippen molar-refractivity contribution in [1.82, 2.24) is 4.90 Å². The standard InChI is InChI=1S/C11H18BrNO3/c1-7(2)6-9(11(15)16-3)13-5-4-8(12)10(13)14/h7-9H,4-6H2,1-3H3. The molecule has 0 spiro atoms. The summed E-state index contributed by atoms with van der Waals surface area (Å²) in [5.41, 5.74) is 0. The minimum Gasteiger partial charge on any atom is -0.467 e. The van der Waals surface area contributed by atoms with Gasteiger partial charge in [0, 0.05) is 6.54 Å². The van der Waals surface area contributed by atoms with Crippen LogP contribution in [0.5, 0.6) is 0 Å². The summed E-state index contributed by atoms with van der Waals surface area (Å²) in [5.74, 6) is 0.0333. The minimum atomic E-state index is -0.431. The summed E-state index contributed by atoms with van der Waals surface area (Å²) >= 11 is 3.31. The highest BCUT2D eigenvalue weighted by Gasteiger charge is 2.38. The van der Waals surface area contributed by atoms with Gasteiger partial charge in [-0.25, -0.2) is 4.79 Å². The Morgan fingerprint density at radius 1 is 1.62 bits per heavy atom. The number of methoxy groups -OCH3 is 1. The summed E-state index contributed by atoms with van der Waals surface area (Å²) in [6.45, 7) is 4.69. The van der Waals surface area contributed by atoms with Crippen LogP contribution in [0.1, 0.15) is 26.7 Å². The molecular formula is C11H18BrNO3. The van der Waals surface area contributed by atoms with Gasteiger partial charge < -0.3 is 9.64 Å². The number of nitrogens with zero attached hydrogens (tertiary/aromatic N) is 1. The maximum absolute atomic E-state index is 11.8. The number of likely N-dealkylation sites (tertiary alicyclic amines) is 1. The smallest absolute Gasteiger partial charge is 0.328 e. The lowest BCUT2D eigenvalue weighted by atomic mass is 10.0. The summed E-state index contributed by atoms with van der Waals surface area (Å²) < 4.78 is 4.76. The van der Waals surface area contributed by atoms with Crippen LogP contribution in [0.15, 0.2) is 0 Å². The monoisotopic (exact) mass is 291 g/mol. The van der Waals surface area contributed by atoms with Gasteiger partial charge >= 0.3 is 5.97 Å². The molecule has 4 nitrogen and oxygen atoms in total. The number of carbonyl (C=O) groups excluding carboxylic acids is 2. The normalized spacial score (nSPS) is 22.7. The molecule has 0 aromatic rings. The largest absolute Gasteiger partial charge is 0.467 e. The van der Waals surface area contributed by atoms with Crippen molar-refractivity contribution < 1.29 is 14.3 Å². The second-order valence-corrected chi connectivity index (χ2v) is 5.56. The highest BCUT2D eigenvalue weighted by atomic mass is 79.9. The van der Waals surface area contributed by atoms with Crippen molar-refractivity contribution in [3.05, 3.63) is 0 Å². The third-order valence-corrected chi connectivity index (χ3v) is 3.57. The average Bonchev–Trinajstić information content (AvgIpc) is 2.55. The molecule has 1 saturated heterocycles. The summed E-state index contributed by atoms with van der Waals surface area (Å²) in [6, 6.07) is -0.431. The van der Waals surface area contributed by atoms with Crippen LogP contribution >= 0.6 is 15.9 Å². The van der Waals surface area contributed by atoms with Crippen LogP contribution in [0.4, 0.5) is 0 Å². The molecule has 0 aromatic heterocycles. The van der Waals surface area contributed by atoms with Crippen molar-refractivity contribution in [3.63, 3.8) is 0 Å². The Bertz CT molecular complexity index is 280. The highest BCUT2D eigenvalue weighted by molar-refractivity contribution is 9.10. The van der Waals surface area contributed by atoms with E-state index in [1.807, 2.05) is 13.8 Å². The first kappa shape index (κ1) is 13.5. The molecule has 92 valence electrons. The summed E-state index contributed by atoms with van der Waals surface area (Å²) in [5, 5.41) is 0. The van der Waals surface area contributed by atoms with Crippen LogP contribution in [0.3, 0.4) is 0 Å². The molecule has 1 aliphatic rings. The van der Waals surface area contributed by atoms with E-state index in [-0.39, 0.29) is 16.7 Å². The second kappa shape index (κ2) is 5.66. The quantitative estimate of drug-likeness (QED) is 0.583. The number of hydrogen-bond acceptors (Lipinski definition) is 3. The molecule has 5 heteroatoms. The number of rotatable bonds is 4. The van der Waals surface area contributed by atoms with Gasteiger partial charge in [0.15, 0.2) is 0 Å². The van der Waals surface area contributed by atoms with Gasteiger partial charge in [-0.3, -0.25) is 4.79 Å². The second-order valence-electron chi connectivity index (χ2n) is 4.46. The molecule has 0 bridgehead atoms. The number of alkyl halides is 1. The van der Waals surface area contributed by atoms with E-state index in [4.69, 9.17) is 4.74 Å². The topological polar surface area (TPSA) is 46.6 Å². The van der Waals surface area contributed by atoms with Crippen LogP contribution in [0, 0.1) is 5.92 Å². The zero-order valence-electron chi connectivity index (χ0n) is 9.90. The molecule has 0 N–H and O–H groups in total. The van der Waals surface area contributed by atoms with Gasteiger partial charge in [-0.2, -0.15) is 0 Å². The average molecular weight is 292 g/mol. The Morgan fingerprint density at radius 2 is 2.25 bits per heavy atom. The van der Waals surface area contributed by atoms with Crippen LogP contribution in [0.25, 0.3) is 0 Å².